The molecule has 2 aliphatic heterocycles. The van der Waals surface area contributed by atoms with Crippen molar-refractivity contribution in [1.82, 2.24) is 14.9 Å². The fourth-order valence-corrected chi connectivity index (χ4v) is 6.33. The van der Waals surface area contributed by atoms with E-state index < -0.39 is 11.6 Å². The number of fused-ring (bicyclic) bond motifs is 5. The van der Waals surface area contributed by atoms with Crippen molar-refractivity contribution >= 4 is 16.9 Å². The van der Waals surface area contributed by atoms with Crippen molar-refractivity contribution < 1.29 is 18.7 Å². The maximum Gasteiger partial charge on any atom is 0.343 e. The number of hydrogen-bond donors (Lipinski definition) is 1. The standard InChI is InChI=1S/C27H28FN3O4/c1-5-27(34-4)17-9-21-24-15(11-31(21)25(32)16(17)12-35-26(27)33)23-19(29-6-2)8-7-14-13(3)18(28)10-20(30-24)22(14)23/h9-10,19,29H,5-8,11-12H2,1-4H3. The number of rotatable bonds is 4. The van der Waals surface area contributed by atoms with Gasteiger partial charge in [-0.3, -0.25) is 4.79 Å². The molecule has 0 saturated carbocycles. The minimum absolute atomic E-state index is 0.0778. The number of esters is 1. The second-order valence-corrected chi connectivity index (χ2v) is 9.63. The molecule has 4 heterocycles. The van der Waals surface area contributed by atoms with Crippen LogP contribution in [-0.2, 0) is 39.4 Å². The van der Waals surface area contributed by atoms with Crippen LogP contribution >= 0.6 is 0 Å². The first-order valence-corrected chi connectivity index (χ1v) is 12.2. The van der Waals surface area contributed by atoms with E-state index in [9.17, 15) is 14.0 Å². The Kier molecular flexibility index (Phi) is 4.92. The van der Waals surface area contributed by atoms with Crippen molar-refractivity contribution in [2.75, 3.05) is 13.7 Å². The van der Waals surface area contributed by atoms with Gasteiger partial charge in [-0.05, 0) is 55.5 Å². The van der Waals surface area contributed by atoms with Crippen molar-refractivity contribution in [3.05, 3.63) is 61.7 Å². The Morgan fingerprint density at radius 2 is 2.06 bits per heavy atom. The van der Waals surface area contributed by atoms with E-state index in [1.807, 2.05) is 19.9 Å². The minimum Gasteiger partial charge on any atom is -0.458 e. The monoisotopic (exact) mass is 477 g/mol. The van der Waals surface area contributed by atoms with Crippen molar-refractivity contribution in [3.8, 4) is 11.4 Å². The molecule has 182 valence electrons. The molecule has 8 heteroatoms. The summed E-state index contributed by atoms with van der Waals surface area (Å²) in [7, 11) is 1.46. The molecule has 7 nitrogen and oxygen atoms in total. The van der Waals surface area contributed by atoms with Gasteiger partial charge in [0.2, 0.25) is 0 Å². The summed E-state index contributed by atoms with van der Waals surface area (Å²) >= 11 is 0. The van der Waals surface area contributed by atoms with Crippen molar-refractivity contribution in [2.24, 2.45) is 0 Å². The molecule has 3 aromatic rings. The highest BCUT2D eigenvalue weighted by Gasteiger charge is 2.47. The highest BCUT2D eigenvalue weighted by atomic mass is 19.1. The first-order chi connectivity index (χ1) is 16.9. The maximum atomic E-state index is 14.9. The number of halogens is 1. The van der Waals surface area contributed by atoms with Gasteiger partial charge in [0.05, 0.1) is 29.0 Å². The van der Waals surface area contributed by atoms with Crippen LogP contribution in [0.3, 0.4) is 0 Å². The second-order valence-electron chi connectivity index (χ2n) is 9.63. The maximum absolute atomic E-state index is 14.9. The average molecular weight is 478 g/mol. The zero-order valence-electron chi connectivity index (χ0n) is 20.4. The van der Waals surface area contributed by atoms with Crippen LogP contribution in [0.25, 0.3) is 22.3 Å². The van der Waals surface area contributed by atoms with Crippen LogP contribution in [0.5, 0.6) is 0 Å². The zero-order valence-corrected chi connectivity index (χ0v) is 20.4. The van der Waals surface area contributed by atoms with Crippen LogP contribution in [0.2, 0.25) is 0 Å². The molecule has 0 fully saturated rings. The normalized spacial score (nSPS) is 22.1. The largest absolute Gasteiger partial charge is 0.458 e. The van der Waals surface area contributed by atoms with Gasteiger partial charge in [0.25, 0.3) is 5.56 Å². The Hall–Kier alpha value is -3.10. The number of cyclic esters (lactones) is 1. The first kappa shape index (κ1) is 22.4. The summed E-state index contributed by atoms with van der Waals surface area (Å²) in [4.78, 5) is 31.4. The fourth-order valence-electron chi connectivity index (χ4n) is 6.33. The number of benzene rings is 1. The Morgan fingerprint density at radius 1 is 1.26 bits per heavy atom. The molecule has 1 N–H and O–H groups in total. The number of ether oxygens (including phenoxy) is 2. The summed E-state index contributed by atoms with van der Waals surface area (Å²) < 4.78 is 27.7. The third kappa shape index (κ3) is 2.81. The molecule has 0 bridgehead atoms. The lowest BCUT2D eigenvalue weighted by Gasteiger charge is -2.35. The van der Waals surface area contributed by atoms with E-state index in [0.29, 0.717) is 46.6 Å². The zero-order chi connectivity index (χ0) is 24.6. The molecule has 0 radical (unpaired) electrons. The van der Waals surface area contributed by atoms with Crippen LogP contribution in [0.4, 0.5) is 4.39 Å². The molecule has 2 aromatic heterocycles. The predicted octanol–water partition coefficient (Wildman–Crippen LogP) is 3.78. The SMILES string of the molecule is CCNC1CCc2c(C)c(F)cc3nc4c(c1c23)Cn1c-4cc2c(c1=O)COC(=O)C2(CC)OC. The quantitative estimate of drug-likeness (QED) is 0.451. The lowest BCUT2D eigenvalue weighted by Crippen LogP contribution is -2.45. The minimum atomic E-state index is -1.33. The number of pyridine rings is 2. The predicted molar refractivity (Wildman–Crippen MR) is 129 cm³/mol. The number of aromatic nitrogens is 2. The molecule has 6 rings (SSSR count). The third-order valence-corrected chi connectivity index (χ3v) is 8.14. The summed E-state index contributed by atoms with van der Waals surface area (Å²) in [5.74, 6) is -0.755. The Bertz CT molecular complexity index is 1490. The Balaban J connectivity index is 1.68. The van der Waals surface area contributed by atoms with E-state index in [1.54, 1.807) is 4.57 Å². The summed E-state index contributed by atoms with van der Waals surface area (Å²) in [6.45, 7) is 6.84. The molecule has 2 atom stereocenters. The molecule has 0 spiro atoms. The summed E-state index contributed by atoms with van der Waals surface area (Å²) in [6, 6.07) is 3.46. The third-order valence-electron chi connectivity index (χ3n) is 8.14. The van der Waals surface area contributed by atoms with Gasteiger partial charge in [-0.25, -0.2) is 14.2 Å². The van der Waals surface area contributed by atoms with Gasteiger partial charge in [-0.2, -0.15) is 0 Å². The van der Waals surface area contributed by atoms with E-state index in [1.165, 1.54) is 13.2 Å². The van der Waals surface area contributed by atoms with Crippen molar-refractivity contribution in [3.63, 3.8) is 0 Å². The van der Waals surface area contributed by atoms with E-state index in [4.69, 9.17) is 14.5 Å². The molecule has 0 amide bonds. The van der Waals surface area contributed by atoms with Crippen LogP contribution in [0, 0.1) is 12.7 Å². The fraction of sp³-hybridized carbons (Fsp3) is 0.444. The first-order valence-electron chi connectivity index (χ1n) is 12.2. The van der Waals surface area contributed by atoms with Crippen LogP contribution in [-0.4, -0.2) is 29.2 Å². The van der Waals surface area contributed by atoms with Gasteiger partial charge >= 0.3 is 5.97 Å². The lowest BCUT2D eigenvalue weighted by atomic mass is 9.81. The van der Waals surface area contributed by atoms with Crippen molar-refractivity contribution in [2.45, 2.75) is 64.8 Å². The molecular formula is C27H28FN3O4. The van der Waals surface area contributed by atoms with E-state index in [2.05, 4.69) is 12.2 Å². The number of nitrogens with zero attached hydrogens (tertiary/aromatic N) is 2. The number of hydrogen-bond acceptors (Lipinski definition) is 6. The molecule has 0 saturated heterocycles. The van der Waals surface area contributed by atoms with Gasteiger partial charge in [0.1, 0.15) is 12.4 Å². The van der Waals surface area contributed by atoms with E-state index in [0.717, 1.165) is 41.5 Å². The molecule has 35 heavy (non-hydrogen) atoms. The van der Waals surface area contributed by atoms with Crippen LogP contribution in [0.15, 0.2) is 16.9 Å². The van der Waals surface area contributed by atoms with E-state index in [-0.39, 0.29) is 24.0 Å². The Morgan fingerprint density at radius 3 is 2.77 bits per heavy atom. The molecular weight excluding hydrogens is 449 g/mol. The molecule has 1 aromatic carbocycles. The highest BCUT2D eigenvalue weighted by Crippen LogP contribution is 2.46. The molecule has 2 unspecified atom stereocenters. The number of aryl methyl sites for hydroxylation is 1. The lowest BCUT2D eigenvalue weighted by molar-refractivity contribution is -0.176. The second kappa shape index (κ2) is 7.70. The number of nitrogens with one attached hydrogen (secondary N) is 1. The molecule has 1 aliphatic carbocycles. The topological polar surface area (TPSA) is 82.5 Å². The number of methoxy groups -OCH3 is 1. The van der Waals surface area contributed by atoms with Crippen LogP contribution in [0.1, 0.15) is 66.1 Å². The van der Waals surface area contributed by atoms with E-state index >= 15 is 0 Å². The number of carbonyl (C=O) groups is 1. The van der Waals surface area contributed by atoms with Gasteiger partial charge < -0.3 is 19.4 Å². The number of carbonyl (C=O) groups excluding carboxylic acids is 1. The Labute approximate surface area is 202 Å². The summed E-state index contributed by atoms with van der Waals surface area (Å²) in [5.41, 5.74) is 5.12. The van der Waals surface area contributed by atoms with Crippen LogP contribution < -0.4 is 10.9 Å². The van der Waals surface area contributed by atoms with Crippen molar-refractivity contribution in [1.29, 1.82) is 0 Å². The summed E-state index contributed by atoms with van der Waals surface area (Å²) in [5, 5.41) is 4.59. The molecule has 3 aliphatic rings. The van der Waals surface area contributed by atoms with Gasteiger partial charge in [-0.1, -0.05) is 13.8 Å². The highest BCUT2D eigenvalue weighted by molar-refractivity contribution is 5.93. The average Bonchev–Trinajstić information content (AvgIpc) is 3.22. The van der Waals surface area contributed by atoms with Gasteiger partial charge in [-0.15, -0.1) is 0 Å². The smallest absolute Gasteiger partial charge is 0.343 e. The van der Waals surface area contributed by atoms with Gasteiger partial charge in [0, 0.05) is 35.7 Å². The van der Waals surface area contributed by atoms with Gasteiger partial charge in [0.15, 0.2) is 5.60 Å². The summed E-state index contributed by atoms with van der Waals surface area (Å²) in [6.07, 6.45) is 1.96.